The molecule has 1 aromatic carbocycles. The van der Waals surface area contributed by atoms with Crippen molar-refractivity contribution >= 4 is 11.8 Å². The van der Waals surface area contributed by atoms with Gasteiger partial charge < -0.3 is 9.84 Å². The number of nitrogens with one attached hydrogen (secondary N) is 1. The second-order valence-corrected chi connectivity index (χ2v) is 4.27. The molecule has 0 heterocycles. The second-order valence-electron chi connectivity index (χ2n) is 4.27. The zero-order chi connectivity index (χ0) is 14.3. The van der Waals surface area contributed by atoms with Gasteiger partial charge in [0.1, 0.15) is 12.4 Å². The Morgan fingerprint density at radius 3 is 2.84 bits per heavy atom. The molecule has 1 amide bonds. The fourth-order valence-corrected chi connectivity index (χ4v) is 1.23. The molecule has 2 N–H and O–H groups in total. The van der Waals surface area contributed by atoms with Gasteiger partial charge in [-0.15, -0.1) is 0 Å². The highest BCUT2D eigenvalue weighted by Gasteiger charge is 2.07. The van der Waals surface area contributed by atoms with E-state index >= 15 is 0 Å². The lowest BCUT2D eigenvalue weighted by molar-refractivity contribution is 0.147. The molecular weight excluding hydrogens is 249 g/mol. The molecule has 0 saturated carbocycles. The molecule has 0 aliphatic carbocycles. The third-order valence-corrected chi connectivity index (χ3v) is 2.07. The molecule has 19 heavy (non-hydrogen) atoms. The highest BCUT2D eigenvalue weighted by molar-refractivity contribution is 5.84. The van der Waals surface area contributed by atoms with E-state index in [1.165, 1.54) is 12.1 Å². The molecule has 1 aromatic rings. The Bertz CT molecular complexity index is 503. The predicted octanol–water partition coefficient (Wildman–Crippen LogP) is 2.37. The molecular formula is C14H16FNO3. The van der Waals surface area contributed by atoms with Gasteiger partial charge in [0, 0.05) is 5.69 Å². The van der Waals surface area contributed by atoms with Gasteiger partial charge in [0.05, 0.1) is 12.2 Å². The lowest BCUT2D eigenvalue weighted by Gasteiger charge is -2.09. The van der Waals surface area contributed by atoms with Gasteiger partial charge in [0.15, 0.2) is 0 Å². The summed E-state index contributed by atoms with van der Waals surface area (Å²) in [6.45, 7) is 3.80. The number of ether oxygens (including phenoxy) is 1. The number of rotatable bonds is 3. The standard InChI is InChI=1S/C14H16FNO3/c1-10(2)9-19-14(18)16-12-6-5-11(4-3-7-17)13(15)8-12/h5-6,8,10,17H,7,9H2,1-2H3,(H,16,18). The van der Waals surface area contributed by atoms with Crippen LogP contribution < -0.4 is 5.32 Å². The van der Waals surface area contributed by atoms with Crippen molar-refractivity contribution in [3.63, 3.8) is 0 Å². The number of carbonyl (C=O) groups excluding carboxylic acids is 1. The fourth-order valence-electron chi connectivity index (χ4n) is 1.23. The first-order valence-electron chi connectivity index (χ1n) is 5.86. The molecule has 0 aliphatic heterocycles. The molecule has 0 atom stereocenters. The number of anilines is 1. The van der Waals surface area contributed by atoms with Crippen LogP contribution in [0, 0.1) is 23.6 Å². The first kappa shape index (κ1) is 15.0. The van der Waals surface area contributed by atoms with Crippen LogP contribution in [0.2, 0.25) is 0 Å². The minimum absolute atomic E-state index is 0.162. The minimum Gasteiger partial charge on any atom is -0.449 e. The second kappa shape index (κ2) is 7.39. The van der Waals surface area contributed by atoms with Crippen LogP contribution in [0.15, 0.2) is 18.2 Å². The van der Waals surface area contributed by atoms with E-state index in [9.17, 15) is 9.18 Å². The summed E-state index contributed by atoms with van der Waals surface area (Å²) < 4.78 is 18.5. The number of amides is 1. The molecule has 1 rings (SSSR count). The number of aliphatic hydroxyl groups is 1. The lowest BCUT2D eigenvalue weighted by atomic mass is 10.2. The van der Waals surface area contributed by atoms with Crippen LogP contribution in [0.3, 0.4) is 0 Å². The summed E-state index contributed by atoms with van der Waals surface area (Å²) in [5.74, 6) is 4.48. The quantitative estimate of drug-likeness (QED) is 0.825. The number of hydrogen-bond acceptors (Lipinski definition) is 3. The van der Waals surface area contributed by atoms with Crippen molar-refractivity contribution in [2.45, 2.75) is 13.8 Å². The van der Waals surface area contributed by atoms with E-state index in [0.717, 1.165) is 6.07 Å². The van der Waals surface area contributed by atoms with Crippen LogP contribution in [-0.2, 0) is 4.74 Å². The van der Waals surface area contributed by atoms with Gasteiger partial charge in [-0.1, -0.05) is 25.7 Å². The van der Waals surface area contributed by atoms with E-state index in [0.29, 0.717) is 12.3 Å². The monoisotopic (exact) mass is 265 g/mol. The Balaban J connectivity index is 2.65. The predicted molar refractivity (Wildman–Crippen MR) is 70.2 cm³/mol. The van der Waals surface area contributed by atoms with E-state index in [2.05, 4.69) is 17.2 Å². The third kappa shape index (κ3) is 5.40. The molecule has 0 bridgehead atoms. The van der Waals surface area contributed by atoms with E-state index in [1.807, 2.05) is 13.8 Å². The molecule has 0 fully saturated rings. The minimum atomic E-state index is -0.623. The maximum Gasteiger partial charge on any atom is 0.411 e. The number of carbonyl (C=O) groups is 1. The van der Waals surface area contributed by atoms with Crippen LogP contribution in [-0.4, -0.2) is 24.4 Å². The highest BCUT2D eigenvalue weighted by Crippen LogP contribution is 2.14. The Morgan fingerprint density at radius 1 is 1.53 bits per heavy atom. The van der Waals surface area contributed by atoms with Crippen molar-refractivity contribution in [3.05, 3.63) is 29.6 Å². The Hall–Kier alpha value is -2.06. The van der Waals surface area contributed by atoms with Crippen LogP contribution in [0.1, 0.15) is 19.4 Å². The molecule has 0 saturated heterocycles. The van der Waals surface area contributed by atoms with E-state index < -0.39 is 11.9 Å². The normalized spacial score (nSPS) is 9.74. The van der Waals surface area contributed by atoms with Crippen molar-refractivity contribution in [2.75, 3.05) is 18.5 Å². The summed E-state index contributed by atoms with van der Waals surface area (Å²) in [6.07, 6.45) is -0.623. The van der Waals surface area contributed by atoms with Crippen molar-refractivity contribution in [1.82, 2.24) is 0 Å². The van der Waals surface area contributed by atoms with E-state index in [1.54, 1.807) is 0 Å². The van der Waals surface area contributed by atoms with Crippen LogP contribution in [0.5, 0.6) is 0 Å². The first-order valence-corrected chi connectivity index (χ1v) is 5.86. The van der Waals surface area contributed by atoms with Crippen LogP contribution >= 0.6 is 0 Å². The maximum absolute atomic E-state index is 13.6. The van der Waals surface area contributed by atoms with Crippen molar-refractivity contribution in [2.24, 2.45) is 5.92 Å². The number of benzene rings is 1. The summed E-state index contributed by atoms with van der Waals surface area (Å²) in [4.78, 5) is 11.4. The number of aliphatic hydroxyl groups excluding tert-OH is 1. The largest absolute Gasteiger partial charge is 0.449 e. The molecule has 0 aliphatic rings. The molecule has 4 nitrogen and oxygen atoms in total. The summed E-state index contributed by atoms with van der Waals surface area (Å²) in [6, 6.07) is 4.09. The molecule has 0 radical (unpaired) electrons. The first-order chi connectivity index (χ1) is 9.02. The van der Waals surface area contributed by atoms with Crippen molar-refractivity contribution in [1.29, 1.82) is 0 Å². The third-order valence-electron chi connectivity index (χ3n) is 2.07. The van der Waals surface area contributed by atoms with Gasteiger partial charge in [-0.2, -0.15) is 0 Å². The molecule has 0 unspecified atom stereocenters. The zero-order valence-electron chi connectivity index (χ0n) is 10.9. The topological polar surface area (TPSA) is 58.6 Å². The summed E-state index contributed by atoms with van der Waals surface area (Å²) >= 11 is 0. The van der Waals surface area contributed by atoms with Gasteiger partial charge in [-0.05, 0) is 24.1 Å². The number of halogens is 1. The molecule has 5 heteroatoms. The summed E-state index contributed by atoms with van der Waals surface area (Å²) in [5, 5.41) is 10.9. The fraction of sp³-hybridized carbons (Fsp3) is 0.357. The van der Waals surface area contributed by atoms with Gasteiger partial charge in [-0.25, -0.2) is 9.18 Å². The molecule has 0 spiro atoms. The number of hydrogen-bond donors (Lipinski definition) is 2. The SMILES string of the molecule is CC(C)COC(=O)Nc1ccc(C#CCO)c(F)c1. The maximum atomic E-state index is 13.6. The average Bonchev–Trinajstić information content (AvgIpc) is 2.35. The zero-order valence-corrected chi connectivity index (χ0v) is 10.9. The van der Waals surface area contributed by atoms with Crippen LogP contribution in [0.25, 0.3) is 0 Å². The van der Waals surface area contributed by atoms with Gasteiger partial charge in [-0.3, -0.25) is 5.32 Å². The van der Waals surface area contributed by atoms with E-state index in [4.69, 9.17) is 9.84 Å². The van der Waals surface area contributed by atoms with E-state index in [-0.39, 0.29) is 18.1 Å². The highest BCUT2D eigenvalue weighted by atomic mass is 19.1. The lowest BCUT2D eigenvalue weighted by Crippen LogP contribution is -2.16. The summed E-state index contributed by atoms with van der Waals surface area (Å²) in [5.41, 5.74) is 0.455. The van der Waals surface area contributed by atoms with Crippen LogP contribution in [0.4, 0.5) is 14.9 Å². The Kier molecular flexibility index (Phi) is 5.83. The average molecular weight is 265 g/mol. The Morgan fingerprint density at radius 2 is 2.26 bits per heavy atom. The molecule has 0 aromatic heterocycles. The van der Waals surface area contributed by atoms with Gasteiger partial charge in [0.2, 0.25) is 0 Å². The van der Waals surface area contributed by atoms with Crippen molar-refractivity contribution < 1.29 is 19.0 Å². The van der Waals surface area contributed by atoms with Gasteiger partial charge in [0.25, 0.3) is 0 Å². The molecule has 102 valence electrons. The summed E-state index contributed by atoms with van der Waals surface area (Å²) in [7, 11) is 0. The Labute approximate surface area is 111 Å². The van der Waals surface area contributed by atoms with Gasteiger partial charge >= 0.3 is 6.09 Å². The van der Waals surface area contributed by atoms with Crippen molar-refractivity contribution in [3.8, 4) is 11.8 Å². The smallest absolute Gasteiger partial charge is 0.411 e.